The van der Waals surface area contributed by atoms with Gasteiger partial charge in [-0.3, -0.25) is 4.79 Å². The number of fused-ring (bicyclic) bond motifs is 4. The molecular formula is C28H24N6O2S. The van der Waals surface area contributed by atoms with Crippen LogP contribution in [0.15, 0.2) is 84.1 Å². The van der Waals surface area contributed by atoms with Crippen LogP contribution in [0, 0.1) is 0 Å². The molecule has 0 saturated heterocycles. The highest BCUT2D eigenvalue weighted by atomic mass is 32.2. The lowest BCUT2D eigenvalue weighted by Gasteiger charge is -2.08. The van der Waals surface area contributed by atoms with Gasteiger partial charge in [-0.05, 0) is 42.3 Å². The van der Waals surface area contributed by atoms with E-state index in [4.69, 9.17) is 19.8 Å². The van der Waals surface area contributed by atoms with Crippen molar-refractivity contribution < 1.29 is 9.53 Å². The third kappa shape index (κ3) is 4.73. The molecule has 8 nitrogen and oxygen atoms in total. The first-order chi connectivity index (χ1) is 18.2. The van der Waals surface area contributed by atoms with Crippen molar-refractivity contribution in [2.45, 2.75) is 18.0 Å². The number of ether oxygens (including phenoxy) is 1. The monoisotopic (exact) mass is 508 g/mol. The second-order valence-electron chi connectivity index (χ2n) is 8.60. The van der Waals surface area contributed by atoms with Crippen molar-refractivity contribution in [3.8, 4) is 5.75 Å². The number of benzene rings is 3. The molecule has 0 fully saturated rings. The number of nitrogens with one attached hydrogen (secondary N) is 2. The number of aromatic amines is 1. The molecule has 0 saturated carbocycles. The van der Waals surface area contributed by atoms with Gasteiger partial charge in [-0.2, -0.15) is 4.52 Å². The number of methoxy groups -OCH3 is 1. The molecule has 184 valence electrons. The van der Waals surface area contributed by atoms with Crippen LogP contribution in [0.5, 0.6) is 5.75 Å². The van der Waals surface area contributed by atoms with Crippen LogP contribution < -0.4 is 10.1 Å². The Balaban J connectivity index is 1.25. The number of carbonyl (C=O) groups is 1. The van der Waals surface area contributed by atoms with Crippen LogP contribution in [0.3, 0.4) is 0 Å². The maximum atomic E-state index is 12.7. The first kappa shape index (κ1) is 23.1. The Labute approximate surface area is 217 Å². The van der Waals surface area contributed by atoms with Crippen molar-refractivity contribution in [3.05, 3.63) is 90.4 Å². The maximum Gasteiger partial charge on any atom is 0.234 e. The number of hydrogen-bond acceptors (Lipinski definition) is 6. The molecular weight excluding hydrogens is 484 g/mol. The molecule has 1 amide bonds. The molecule has 6 aromatic rings. The van der Waals surface area contributed by atoms with Gasteiger partial charge in [-0.25, -0.2) is 9.97 Å². The van der Waals surface area contributed by atoms with Crippen molar-refractivity contribution in [1.82, 2.24) is 24.6 Å². The summed E-state index contributed by atoms with van der Waals surface area (Å²) in [6, 6.07) is 23.4. The SMILES string of the molecule is COc1cccc(NC(=O)CSc2nc3ccccc3c3nc(CCc4c[nH]c5ccccc45)nn23)c1. The van der Waals surface area contributed by atoms with Crippen molar-refractivity contribution in [1.29, 1.82) is 0 Å². The summed E-state index contributed by atoms with van der Waals surface area (Å²) in [5.74, 6) is 1.47. The topological polar surface area (TPSA) is 97.2 Å². The summed E-state index contributed by atoms with van der Waals surface area (Å²) in [5.41, 5.74) is 4.61. The summed E-state index contributed by atoms with van der Waals surface area (Å²) in [7, 11) is 1.60. The average Bonchev–Trinajstić information content (AvgIpc) is 3.55. The number of carbonyl (C=O) groups excluding carboxylic acids is 1. The van der Waals surface area contributed by atoms with Gasteiger partial charge < -0.3 is 15.0 Å². The number of thioether (sulfide) groups is 1. The molecule has 3 aromatic heterocycles. The molecule has 0 radical (unpaired) electrons. The third-order valence-electron chi connectivity index (χ3n) is 6.17. The van der Waals surface area contributed by atoms with Gasteiger partial charge >= 0.3 is 0 Å². The average molecular weight is 509 g/mol. The van der Waals surface area contributed by atoms with Crippen LogP contribution >= 0.6 is 11.8 Å². The predicted molar refractivity (Wildman–Crippen MR) is 146 cm³/mol. The minimum atomic E-state index is -0.138. The largest absolute Gasteiger partial charge is 0.497 e. The summed E-state index contributed by atoms with van der Waals surface area (Å²) < 4.78 is 7.00. The Morgan fingerprint density at radius 1 is 1.00 bits per heavy atom. The van der Waals surface area contributed by atoms with Gasteiger partial charge in [0.1, 0.15) is 5.75 Å². The third-order valence-corrected chi connectivity index (χ3v) is 7.10. The van der Waals surface area contributed by atoms with Crippen molar-refractivity contribution >= 4 is 50.8 Å². The van der Waals surface area contributed by atoms with Crippen molar-refractivity contribution in [2.75, 3.05) is 18.2 Å². The van der Waals surface area contributed by atoms with E-state index in [9.17, 15) is 4.79 Å². The molecule has 0 bridgehead atoms. The van der Waals surface area contributed by atoms with E-state index < -0.39 is 0 Å². The highest BCUT2D eigenvalue weighted by molar-refractivity contribution is 7.99. The summed E-state index contributed by atoms with van der Waals surface area (Å²) >= 11 is 1.33. The first-order valence-electron chi connectivity index (χ1n) is 11.9. The second kappa shape index (κ2) is 9.94. The molecule has 0 unspecified atom stereocenters. The predicted octanol–water partition coefficient (Wildman–Crippen LogP) is 5.28. The number of anilines is 1. The van der Waals surface area contributed by atoms with Crippen LogP contribution in [0.25, 0.3) is 27.5 Å². The molecule has 37 heavy (non-hydrogen) atoms. The number of nitrogens with zero attached hydrogens (tertiary/aromatic N) is 4. The normalized spacial score (nSPS) is 11.4. The number of hydrogen-bond donors (Lipinski definition) is 2. The fourth-order valence-electron chi connectivity index (χ4n) is 4.39. The summed E-state index contributed by atoms with van der Waals surface area (Å²) in [4.78, 5) is 25.7. The number of rotatable bonds is 8. The molecule has 6 rings (SSSR count). The van der Waals surface area contributed by atoms with E-state index in [-0.39, 0.29) is 11.7 Å². The number of aryl methyl sites for hydroxylation is 2. The summed E-state index contributed by atoms with van der Waals surface area (Å²) in [6.45, 7) is 0. The van der Waals surface area contributed by atoms with Gasteiger partial charge in [0.2, 0.25) is 5.91 Å². The molecule has 3 heterocycles. The Bertz CT molecular complexity index is 1740. The molecule has 0 spiro atoms. The highest BCUT2D eigenvalue weighted by Gasteiger charge is 2.16. The molecule has 9 heteroatoms. The van der Waals surface area contributed by atoms with Crippen LogP contribution in [0.2, 0.25) is 0 Å². The Kier molecular flexibility index (Phi) is 6.20. The molecule has 3 aromatic carbocycles. The first-order valence-corrected chi connectivity index (χ1v) is 12.9. The quantitative estimate of drug-likeness (QED) is 0.214. The molecule has 0 aliphatic heterocycles. The van der Waals surface area contributed by atoms with Crippen LogP contribution in [-0.4, -0.2) is 43.3 Å². The van der Waals surface area contributed by atoms with Crippen LogP contribution in [0.1, 0.15) is 11.4 Å². The Hall–Kier alpha value is -4.37. The van der Waals surface area contributed by atoms with Gasteiger partial charge in [0, 0.05) is 40.7 Å². The lowest BCUT2D eigenvalue weighted by molar-refractivity contribution is -0.113. The number of para-hydroxylation sites is 2. The summed E-state index contributed by atoms with van der Waals surface area (Å²) in [5, 5.41) is 10.5. The number of amides is 1. The van der Waals surface area contributed by atoms with Crippen LogP contribution in [-0.2, 0) is 17.6 Å². The zero-order chi connectivity index (χ0) is 25.2. The minimum Gasteiger partial charge on any atom is -0.497 e. The van der Waals surface area contributed by atoms with E-state index in [1.807, 2.05) is 48.5 Å². The smallest absolute Gasteiger partial charge is 0.234 e. The van der Waals surface area contributed by atoms with Gasteiger partial charge in [-0.1, -0.05) is 48.2 Å². The van der Waals surface area contributed by atoms with E-state index >= 15 is 0 Å². The number of aromatic nitrogens is 5. The second-order valence-corrected chi connectivity index (χ2v) is 9.55. The van der Waals surface area contributed by atoms with Crippen LogP contribution in [0.4, 0.5) is 5.69 Å². The van der Waals surface area contributed by atoms with Crippen molar-refractivity contribution in [2.24, 2.45) is 0 Å². The highest BCUT2D eigenvalue weighted by Crippen LogP contribution is 2.25. The van der Waals surface area contributed by atoms with Gasteiger partial charge in [0.25, 0.3) is 0 Å². The van der Waals surface area contributed by atoms with E-state index in [0.29, 0.717) is 23.0 Å². The standard InChI is InChI=1S/C28H24N6O2S/c1-36-20-8-6-7-19(15-20)30-26(35)17-37-28-31-24-12-5-3-10-22(24)27-32-25(33-34(27)28)14-13-18-16-29-23-11-4-2-9-21(18)23/h2-12,15-16,29H,13-14,17H2,1H3,(H,30,35). The van der Waals surface area contributed by atoms with E-state index in [2.05, 4.69) is 34.7 Å². The molecule has 0 atom stereocenters. The lowest BCUT2D eigenvalue weighted by Crippen LogP contribution is -2.14. The molecule has 0 aliphatic rings. The minimum absolute atomic E-state index is 0.138. The fraction of sp³-hybridized carbons (Fsp3) is 0.143. The van der Waals surface area contributed by atoms with Gasteiger partial charge in [-0.15, -0.1) is 5.10 Å². The fourth-order valence-corrected chi connectivity index (χ4v) is 5.13. The van der Waals surface area contributed by atoms with E-state index in [1.165, 1.54) is 22.7 Å². The van der Waals surface area contributed by atoms with E-state index in [1.54, 1.807) is 17.7 Å². The summed E-state index contributed by atoms with van der Waals surface area (Å²) in [6.07, 6.45) is 3.57. The maximum absolute atomic E-state index is 12.7. The van der Waals surface area contributed by atoms with Gasteiger partial charge in [0.05, 0.1) is 18.4 Å². The molecule has 0 aliphatic carbocycles. The lowest BCUT2D eigenvalue weighted by atomic mass is 10.1. The Morgan fingerprint density at radius 2 is 1.84 bits per heavy atom. The molecule has 2 N–H and O–H groups in total. The zero-order valence-electron chi connectivity index (χ0n) is 20.1. The Morgan fingerprint density at radius 3 is 2.73 bits per heavy atom. The zero-order valence-corrected chi connectivity index (χ0v) is 21.0. The van der Waals surface area contributed by atoms with E-state index in [0.717, 1.165) is 34.3 Å². The van der Waals surface area contributed by atoms with Gasteiger partial charge in [0.15, 0.2) is 16.6 Å². The number of H-pyrrole nitrogens is 1. The van der Waals surface area contributed by atoms with Crippen molar-refractivity contribution in [3.63, 3.8) is 0 Å².